The molecule has 1 N–H and O–H groups in total. The van der Waals surface area contributed by atoms with Gasteiger partial charge in [-0.05, 0) is 69.3 Å². The average Bonchev–Trinajstić information content (AvgIpc) is 2.71. The van der Waals surface area contributed by atoms with E-state index in [0.717, 1.165) is 27.1 Å². The molecule has 0 amide bonds. The molecule has 0 aromatic heterocycles. The van der Waals surface area contributed by atoms with Gasteiger partial charge in [0.25, 0.3) is 0 Å². The van der Waals surface area contributed by atoms with Crippen LogP contribution < -0.4 is 9.47 Å². The molecule has 0 saturated carbocycles. The number of nitrogens with zero attached hydrogens (tertiary/aromatic N) is 1. The Kier molecular flexibility index (Phi) is 7.44. The van der Waals surface area contributed by atoms with Gasteiger partial charge in [-0.3, -0.25) is 9.69 Å². The molecule has 7 heteroatoms. The van der Waals surface area contributed by atoms with Gasteiger partial charge in [0.15, 0.2) is 0 Å². The van der Waals surface area contributed by atoms with Crippen LogP contribution in [0.4, 0.5) is 0 Å². The molecule has 0 bridgehead atoms. The summed E-state index contributed by atoms with van der Waals surface area (Å²) in [5.41, 5.74) is 1.93. The molecule has 2 aromatic carbocycles. The van der Waals surface area contributed by atoms with Gasteiger partial charge >= 0.3 is 5.97 Å². The van der Waals surface area contributed by atoms with Gasteiger partial charge in [0, 0.05) is 20.6 Å². The molecule has 1 unspecified atom stereocenters. The molecule has 0 spiro atoms. The predicted octanol–water partition coefficient (Wildman–Crippen LogP) is 5.40. The van der Waals surface area contributed by atoms with Crippen molar-refractivity contribution in [1.29, 1.82) is 0 Å². The van der Waals surface area contributed by atoms with E-state index in [1.165, 1.54) is 0 Å². The van der Waals surface area contributed by atoms with Crippen molar-refractivity contribution in [2.24, 2.45) is 5.92 Å². The molecule has 0 radical (unpaired) electrons. The lowest BCUT2D eigenvalue weighted by atomic mass is 9.90. The first-order valence-corrected chi connectivity index (χ1v) is 10.8. The minimum Gasteiger partial charge on any atom is -0.496 e. The standard InChI is InChI=1S/C22H25BrClNO4/c1-3-29-20-6-4-15(23)12-17(20)21(18-13-16(24)5-7-19(18)28-2)25-10-8-14(9-11-25)22(26)27/h4-7,12-14,21H,3,8-11H2,1-2H3,(H,26,27). The Balaban J connectivity index is 2.10. The number of piperidine rings is 1. The lowest BCUT2D eigenvalue weighted by molar-refractivity contribution is -0.143. The van der Waals surface area contributed by atoms with Crippen LogP contribution in [-0.4, -0.2) is 42.8 Å². The van der Waals surface area contributed by atoms with Crippen LogP contribution in [0.3, 0.4) is 0 Å². The highest BCUT2D eigenvalue weighted by atomic mass is 79.9. The minimum atomic E-state index is -0.723. The van der Waals surface area contributed by atoms with Crippen LogP contribution in [0.25, 0.3) is 0 Å². The number of methoxy groups -OCH3 is 1. The summed E-state index contributed by atoms with van der Waals surface area (Å²) in [6.07, 6.45) is 1.21. The highest BCUT2D eigenvalue weighted by molar-refractivity contribution is 9.10. The molecule has 156 valence electrons. The van der Waals surface area contributed by atoms with Gasteiger partial charge in [-0.1, -0.05) is 27.5 Å². The second-order valence-corrected chi connectivity index (χ2v) is 8.40. The third-order valence-electron chi connectivity index (χ3n) is 5.30. The summed E-state index contributed by atoms with van der Waals surface area (Å²) in [7, 11) is 1.64. The number of carbonyl (C=O) groups is 1. The number of halogens is 2. The maximum atomic E-state index is 11.4. The van der Waals surface area contributed by atoms with Crippen molar-refractivity contribution in [2.45, 2.75) is 25.8 Å². The molecule has 1 aliphatic rings. The maximum absolute atomic E-state index is 11.4. The summed E-state index contributed by atoms with van der Waals surface area (Å²) >= 11 is 9.93. The first kappa shape index (κ1) is 21.9. The van der Waals surface area contributed by atoms with Crippen molar-refractivity contribution in [1.82, 2.24) is 4.90 Å². The lowest BCUT2D eigenvalue weighted by Crippen LogP contribution is -2.39. The molecular weight excluding hydrogens is 458 g/mol. The van der Waals surface area contributed by atoms with E-state index in [1.807, 2.05) is 37.3 Å². The number of hydrogen-bond donors (Lipinski definition) is 1. The van der Waals surface area contributed by atoms with Gasteiger partial charge in [0.1, 0.15) is 11.5 Å². The predicted molar refractivity (Wildman–Crippen MR) is 117 cm³/mol. The van der Waals surface area contributed by atoms with E-state index in [9.17, 15) is 9.90 Å². The van der Waals surface area contributed by atoms with Crippen molar-refractivity contribution in [3.8, 4) is 11.5 Å². The number of carboxylic acid groups (broad SMARTS) is 1. The van der Waals surface area contributed by atoms with E-state index in [1.54, 1.807) is 7.11 Å². The molecule has 1 heterocycles. The average molecular weight is 483 g/mol. The Morgan fingerprint density at radius 1 is 1.21 bits per heavy atom. The number of carboxylic acids is 1. The smallest absolute Gasteiger partial charge is 0.306 e. The molecule has 29 heavy (non-hydrogen) atoms. The Hall–Kier alpha value is -1.76. The van der Waals surface area contributed by atoms with Crippen LogP contribution >= 0.6 is 27.5 Å². The van der Waals surface area contributed by atoms with Gasteiger partial charge in [-0.25, -0.2) is 0 Å². The first-order valence-electron chi connectivity index (χ1n) is 9.67. The molecule has 5 nitrogen and oxygen atoms in total. The summed E-state index contributed by atoms with van der Waals surface area (Å²) in [5.74, 6) is 0.506. The van der Waals surface area contributed by atoms with Crippen LogP contribution in [0.5, 0.6) is 11.5 Å². The number of hydrogen-bond acceptors (Lipinski definition) is 4. The zero-order valence-electron chi connectivity index (χ0n) is 16.5. The highest BCUT2D eigenvalue weighted by Gasteiger charge is 2.33. The van der Waals surface area contributed by atoms with Crippen LogP contribution in [-0.2, 0) is 4.79 Å². The number of ether oxygens (including phenoxy) is 2. The molecular formula is C22H25BrClNO4. The summed E-state index contributed by atoms with van der Waals surface area (Å²) in [4.78, 5) is 13.7. The fourth-order valence-electron chi connectivity index (χ4n) is 3.90. The number of rotatable bonds is 7. The van der Waals surface area contributed by atoms with E-state index >= 15 is 0 Å². The first-order chi connectivity index (χ1) is 13.9. The van der Waals surface area contributed by atoms with Crippen LogP contribution in [0, 0.1) is 5.92 Å². The second-order valence-electron chi connectivity index (χ2n) is 7.05. The molecule has 1 atom stereocenters. The molecule has 1 aliphatic heterocycles. The van der Waals surface area contributed by atoms with Gasteiger partial charge < -0.3 is 14.6 Å². The topological polar surface area (TPSA) is 59.0 Å². The van der Waals surface area contributed by atoms with Crippen molar-refractivity contribution in [3.05, 3.63) is 57.0 Å². The van der Waals surface area contributed by atoms with E-state index in [2.05, 4.69) is 26.9 Å². The summed E-state index contributed by atoms with van der Waals surface area (Å²) in [6, 6.07) is 11.4. The Labute approximate surface area is 184 Å². The Bertz CT molecular complexity index is 868. The molecule has 1 saturated heterocycles. The minimum absolute atomic E-state index is 0.169. The zero-order chi connectivity index (χ0) is 21.0. The fraction of sp³-hybridized carbons (Fsp3) is 0.409. The van der Waals surface area contributed by atoms with Gasteiger partial charge in [0.2, 0.25) is 0 Å². The monoisotopic (exact) mass is 481 g/mol. The fourth-order valence-corrected chi connectivity index (χ4v) is 4.46. The zero-order valence-corrected chi connectivity index (χ0v) is 18.9. The normalized spacial score (nSPS) is 16.4. The van der Waals surface area contributed by atoms with Crippen LogP contribution in [0.2, 0.25) is 5.02 Å². The van der Waals surface area contributed by atoms with Crippen LogP contribution in [0.1, 0.15) is 36.9 Å². The second kappa shape index (κ2) is 9.83. The molecule has 2 aromatic rings. The summed E-state index contributed by atoms with van der Waals surface area (Å²) < 4.78 is 12.5. The van der Waals surface area contributed by atoms with Gasteiger partial charge in [0.05, 0.1) is 25.7 Å². The third-order valence-corrected chi connectivity index (χ3v) is 6.02. The number of aliphatic carboxylic acids is 1. The molecule has 3 rings (SSSR count). The van der Waals surface area contributed by atoms with E-state index in [-0.39, 0.29) is 12.0 Å². The van der Waals surface area contributed by atoms with E-state index in [4.69, 9.17) is 21.1 Å². The summed E-state index contributed by atoms with van der Waals surface area (Å²) in [6.45, 7) is 3.83. The van der Waals surface area contributed by atoms with Gasteiger partial charge in [-0.2, -0.15) is 0 Å². The molecule has 0 aliphatic carbocycles. The van der Waals surface area contributed by atoms with Crippen molar-refractivity contribution < 1.29 is 19.4 Å². The number of likely N-dealkylation sites (tertiary alicyclic amines) is 1. The third kappa shape index (κ3) is 5.05. The number of benzene rings is 2. The largest absolute Gasteiger partial charge is 0.496 e. The summed E-state index contributed by atoms with van der Waals surface area (Å²) in [5, 5.41) is 10.0. The van der Waals surface area contributed by atoms with E-state index < -0.39 is 5.97 Å². The van der Waals surface area contributed by atoms with E-state index in [0.29, 0.717) is 37.6 Å². The van der Waals surface area contributed by atoms with Crippen molar-refractivity contribution in [3.63, 3.8) is 0 Å². The van der Waals surface area contributed by atoms with Gasteiger partial charge in [-0.15, -0.1) is 0 Å². The van der Waals surface area contributed by atoms with Crippen LogP contribution in [0.15, 0.2) is 40.9 Å². The van der Waals surface area contributed by atoms with Crippen molar-refractivity contribution in [2.75, 3.05) is 26.8 Å². The maximum Gasteiger partial charge on any atom is 0.306 e. The quantitative estimate of drug-likeness (QED) is 0.573. The SMILES string of the molecule is CCOc1ccc(Br)cc1C(c1cc(Cl)ccc1OC)N1CCC(C(=O)O)CC1. The Morgan fingerprint density at radius 2 is 1.86 bits per heavy atom. The van der Waals surface area contributed by atoms with Crippen molar-refractivity contribution >= 4 is 33.5 Å². The lowest BCUT2D eigenvalue weighted by Gasteiger charge is -2.38. The highest BCUT2D eigenvalue weighted by Crippen LogP contribution is 2.42. The molecule has 1 fully saturated rings. The Morgan fingerprint density at radius 3 is 2.48 bits per heavy atom.